The number of fused-ring (bicyclic) bond motifs is 1. The first-order chi connectivity index (χ1) is 15.9. The number of hydrogen-bond acceptors (Lipinski definition) is 6. The van der Waals surface area contributed by atoms with Gasteiger partial charge in [0.05, 0.1) is 15.9 Å². The number of rotatable bonds is 4. The fourth-order valence-corrected chi connectivity index (χ4v) is 3.37. The summed E-state index contributed by atoms with van der Waals surface area (Å²) in [6.45, 7) is 1.65. The van der Waals surface area contributed by atoms with E-state index in [1.54, 1.807) is 37.3 Å². The van der Waals surface area contributed by atoms with Gasteiger partial charge in [-0.3, -0.25) is 35.3 Å². The quantitative estimate of drug-likeness (QED) is 0.365. The molecule has 0 atom stereocenters. The molecule has 0 aliphatic heterocycles. The Bertz CT molecular complexity index is 1460. The molecule has 0 unspecified atom stereocenters. The summed E-state index contributed by atoms with van der Waals surface area (Å²) in [5.41, 5.74) is 5.16. The van der Waals surface area contributed by atoms with Gasteiger partial charge in [-0.15, -0.1) is 0 Å². The van der Waals surface area contributed by atoms with Crippen molar-refractivity contribution in [2.24, 2.45) is 0 Å². The van der Waals surface area contributed by atoms with Crippen LogP contribution in [-0.4, -0.2) is 16.7 Å². The van der Waals surface area contributed by atoms with Gasteiger partial charge in [-0.05, 0) is 25.1 Å². The first kappa shape index (κ1) is 21.4. The lowest BCUT2D eigenvalue weighted by molar-refractivity contribution is -0.384. The average molecular weight is 443 g/mol. The molecule has 164 valence electrons. The third kappa shape index (κ3) is 4.19. The minimum absolute atomic E-state index is 0.00376. The Morgan fingerprint density at radius 2 is 1.61 bits per heavy atom. The number of benzene rings is 3. The summed E-state index contributed by atoms with van der Waals surface area (Å²) in [7, 11) is 0. The Balaban J connectivity index is 1.65. The number of nitrogens with one attached hydrogen (secondary N) is 2. The minimum Gasteiger partial charge on any atom is -0.455 e. The minimum atomic E-state index is -0.741. The van der Waals surface area contributed by atoms with Crippen LogP contribution in [0.1, 0.15) is 26.3 Å². The van der Waals surface area contributed by atoms with E-state index >= 15 is 0 Å². The van der Waals surface area contributed by atoms with E-state index in [-0.39, 0.29) is 33.2 Å². The maximum absolute atomic E-state index is 12.9. The van der Waals surface area contributed by atoms with Crippen LogP contribution in [0.4, 0.5) is 5.69 Å². The van der Waals surface area contributed by atoms with Crippen molar-refractivity contribution >= 4 is 28.5 Å². The molecule has 0 saturated carbocycles. The SMILES string of the molecule is Cc1c(-c2ccccc2)oc2c(C(=O)NNC(=O)c3cccc([N+](=O)[O-])c3)cccc2c1=O. The second-order valence-electron chi connectivity index (χ2n) is 7.15. The summed E-state index contributed by atoms with van der Waals surface area (Å²) in [6, 6.07) is 18.7. The normalized spacial score (nSPS) is 10.6. The van der Waals surface area contributed by atoms with Crippen LogP contribution in [0.2, 0.25) is 0 Å². The molecule has 1 aromatic heterocycles. The zero-order valence-corrected chi connectivity index (χ0v) is 17.3. The number of carbonyl (C=O) groups is 2. The van der Waals surface area contributed by atoms with Crippen molar-refractivity contribution in [3.63, 3.8) is 0 Å². The Kier molecular flexibility index (Phi) is 5.69. The summed E-state index contributed by atoms with van der Waals surface area (Å²) in [5, 5.41) is 11.1. The van der Waals surface area contributed by atoms with E-state index in [1.807, 2.05) is 6.07 Å². The van der Waals surface area contributed by atoms with Crippen LogP contribution in [0, 0.1) is 17.0 Å². The molecule has 33 heavy (non-hydrogen) atoms. The lowest BCUT2D eigenvalue weighted by Crippen LogP contribution is -2.41. The molecule has 4 aromatic rings. The molecule has 0 spiro atoms. The largest absolute Gasteiger partial charge is 0.455 e. The molecule has 0 fully saturated rings. The van der Waals surface area contributed by atoms with Gasteiger partial charge in [-0.2, -0.15) is 0 Å². The molecule has 9 heteroatoms. The zero-order valence-electron chi connectivity index (χ0n) is 17.3. The van der Waals surface area contributed by atoms with Crippen molar-refractivity contribution in [1.82, 2.24) is 10.9 Å². The van der Waals surface area contributed by atoms with Gasteiger partial charge in [0.1, 0.15) is 5.76 Å². The second-order valence-corrected chi connectivity index (χ2v) is 7.15. The fraction of sp³-hybridized carbons (Fsp3) is 0.0417. The summed E-state index contributed by atoms with van der Waals surface area (Å²) >= 11 is 0. The highest BCUT2D eigenvalue weighted by atomic mass is 16.6. The van der Waals surface area contributed by atoms with Gasteiger partial charge in [0.15, 0.2) is 11.0 Å². The second kappa shape index (κ2) is 8.75. The zero-order chi connectivity index (χ0) is 23.5. The van der Waals surface area contributed by atoms with Gasteiger partial charge in [0.2, 0.25) is 0 Å². The number of nitrogens with zero attached hydrogens (tertiary/aromatic N) is 1. The molecule has 4 rings (SSSR count). The summed E-state index contributed by atoms with van der Waals surface area (Å²) in [6.07, 6.45) is 0. The van der Waals surface area contributed by atoms with Crippen LogP contribution in [-0.2, 0) is 0 Å². The highest BCUT2D eigenvalue weighted by molar-refractivity contribution is 6.06. The number of carbonyl (C=O) groups excluding carboxylic acids is 2. The van der Waals surface area contributed by atoms with Crippen LogP contribution in [0.15, 0.2) is 82.0 Å². The molecular weight excluding hydrogens is 426 g/mol. The van der Waals surface area contributed by atoms with Gasteiger partial charge >= 0.3 is 0 Å². The van der Waals surface area contributed by atoms with Crippen molar-refractivity contribution < 1.29 is 18.9 Å². The highest BCUT2D eigenvalue weighted by Gasteiger charge is 2.19. The molecule has 2 N–H and O–H groups in total. The maximum atomic E-state index is 12.9. The Hall–Kier alpha value is -4.79. The number of nitro benzene ring substituents is 1. The van der Waals surface area contributed by atoms with E-state index in [0.29, 0.717) is 16.9 Å². The molecule has 1 heterocycles. The Labute approximate surface area is 186 Å². The van der Waals surface area contributed by atoms with Gasteiger partial charge in [-0.25, -0.2) is 0 Å². The highest BCUT2D eigenvalue weighted by Crippen LogP contribution is 2.27. The van der Waals surface area contributed by atoms with Gasteiger partial charge in [-0.1, -0.05) is 42.5 Å². The van der Waals surface area contributed by atoms with Crippen molar-refractivity contribution in [3.8, 4) is 11.3 Å². The Morgan fingerprint density at radius 1 is 0.909 bits per heavy atom. The molecule has 0 aliphatic rings. The van der Waals surface area contributed by atoms with E-state index in [1.165, 1.54) is 30.3 Å². The number of non-ortho nitro benzene ring substituents is 1. The average Bonchev–Trinajstić information content (AvgIpc) is 2.84. The monoisotopic (exact) mass is 443 g/mol. The number of amides is 2. The van der Waals surface area contributed by atoms with Gasteiger partial charge < -0.3 is 4.42 Å². The van der Waals surface area contributed by atoms with E-state index in [2.05, 4.69) is 10.9 Å². The van der Waals surface area contributed by atoms with Crippen molar-refractivity contribution in [1.29, 1.82) is 0 Å². The molecule has 0 radical (unpaired) electrons. The molecule has 2 amide bonds. The number of para-hydroxylation sites is 1. The van der Waals surface area contributed by atoms with Crippen molar-refractivity contribution in [3.05, 3.63) is 110 Å². The number of nitro groups is 1. The third-order valence-electron chi connectivity index (χ3n) is 5.03. The first-order valence-electron chi connectivity index (χ1n) is 9.84. The predicted molar refractivity (Wildman–Crippen MR) is 121 cm³/mol. The number of hydrazine groups is 1. The molecule has 3 aromatic carbocycles. The van der Waals surface area contributed by atoms with Crippen LogP contribution in [0.3, 0.4) is 0 Å². The fourth-order valence-electron chi connectivity index (χ4n) is 3.37. The predicted octanol–water partition coefficient (Wildman–Crippen LogP) is 3.75. The van der Waals surface area contributed by atoms with Gasteiger partial charge in [0, 0.05) is 28.8 Å². The van der Waals surface area contributed by atoms with Crippen molar-refractivity contribution in [2.75, 3.05) is 0 Å². The van der Waals surface area contributed by atoms with Gasteiger partial charge in [0.25, 0.3) is 17.5 Å². The van der Waals surface area contributed by atoms with E-state index < -0.39 is 16.7 Å². The smallest absolute Gasteiger partial charge is 0.273 e. The summed E-state index contributed by atoms with van der Waals surface area (Å²) < 4.78 is 6.00. The standard InChI is InChI=1S/C24H17N3O6/c1-14-20(28)18-11-6-12-19(22(18)33-21(14)15-7-3-2-4-8-15)24(30)26-25-23(29)16-9-5-10-17(13-16)27(31)32/h2-13H,1H3,(H,25,29)(H,26,30). The first-order valence-corrected chi connectivity index (χ1v) is 9.84. The molecular formula is C24H17N3O6. The lowest BCUT2D eigenvalue weighted by Gasteiger charge is -2.11. The molecule has 0 bridgehead atoms. The Morgan fingerprint density at radius 3 is 2.33 bits per heavy atom. The van der Waals surface area contributed by atoms with E-state index in [9.17, 15) is 24.5 Å². The van der Waals surface area contributed by atoms with Crippen LogP contribution < -0.4 is 16.3 Å². The van der Waals surface area contributed by atoms with E-state index in [0.717, 1.165) is 6.07 Å². The number of hydrogen-bond donors (Lipinski definition) is 2. The topological polar surface area (TPSA) is 132 Å². The molecule has 0 aliphatic carbocycles. The molecule has 9 nitrogen and oxygen atoms in total. The third-order valence-corrected chi connectivity index (χ3v) is 5.03. The van der Waals surface area contributed by atoms with Crippen molar-refractivity contribution in [2.45, 2.75) is 6.92 Å². The molecule has 0 saturated heterocycles. The summed E-state index contributed by atoms with van der Waals surface area (Å²) in [5.74, 6) is -1.12. The van der Waals surface area contributed by atoms with Crippen LogP contribution in [0.25, 0.3) is 22.3 Å². The maximum Gasteiger partial charge on any atom is 0.273 e. The van der Waals surface area contributed by atoms with Crippen LogP contribution in [0.5, 0.6) is 0 Å². The lowest BCUT2D eigenvalue weighted by atomic mass is 10.0. The summed E-state index contributed by atoms with van der Waals surface area (Å²) in [4.78, 5) is 48.3. The van der Waals surface area contributed by atoms with E-state index in [4.69, 9.17) is 4.42 Å². The van der Waals surface area contributed by atoms with Crippen LogP contribution >= 0.6 is 0 Å².